The lowest BCUT2D eigenvalue weighted by molar-refractivity contribution is -0.140. The quantitative estimate of drug-likeness (QED) is 0.550. The minimum absolute atomic E-state index is 0.0620. The van der Waals surface area contributed by atoms with Crippen molar-refractivity contribution in [1.82, 2.24) is 14.5 Å². The van der Waals surface area contributed by atoms with E-state index in [1.807, 2.05) is 13.0 Å². The van der Waals surface area contributed by atoms with Crippen LogP contribution in [0.2, 0.25) is 0 Å². The normalized spacial score (nSPS) is 14.9. The van der Waals surface area contributed by atoms with E-state index < -0.39 is 27.9 Å². The number of fused-ring (bicyclic) bond motifs is 1. The molecule has 34 heavy (non-hydrogen) atoms. The highest BCUT2D eigenvalue weighted by molar-refractivity contribution is 7.90. The summed E-state index contributed by atoms with van der Waals surface area (Å²) in [6, 6.07) is 12.3. The molecular formula is C24H29N3O6S. The van der Waals surface area contributed by atoms with Crippen LogP contribution in [0.15, 0.2) is 53.4 Å². The third-order valence-electron chi connectivity index (χ3n) is 5.64. The zero-order valence-electron chi connectivity index (χ0n) is 19.5. The molecule has 2 aromatic rings. The molecule has 0 unspecified atom stereocenters. The number of carbonyl (C=O) groups excluding carboxylic acids is 3. The van der Waals surface area contributed by atoms with Crippen molar-refractivity contribution in [1.29, 1.82) is 0 Å². The van der Waals surface area contributed by atoms with Crippen molar-refractivity contribution < 1.29 is 27.5 Å². The van der Waals surface area contributed by atoms with Crippen LogP contribution < -0.4 is 10.1 Å². The highest BCUT2D eigenvalue weighted by Crippen LogP contribution is 2.30. The third kappa shape index (κ3) is 5.22. The van der Waals surface area contributed by atoms with Crippen LogP contribution in [0.3, 0.4) is 0 Å². The SMILES string of the molecule is CCCNC(=O)[C@@H](C)N(Cc1cccc(OC)c1)C(=O)CCN1C(=O)c2ccccc2S1(=O)=O. The molecule has 0 aliphatic carbocycles. The number of nitrogens with zero attached hydrogens (tertiary/aromatic N) is 2. The van der Waals surface area contributed by atoms with Gasteiger partial charge >= 0.3 is 0 Å². The largest absolute Gasteiger partial charge is 0.497 e. The smallest absolute Gasteiger partial charge is 0.269 e. The van der Waals surface area contributed by atoms with E-state index in [1.165, 1.54) is 24.1 Å². The van der Waals surface area contributed by atoms with Gasteiger partial charge in [-0.25, -0.2) is 12.7 Å². The van der Waals surface area contributed by atoms with E-state index in [0.717, 1.165) is 16.3 Å². The van der Waals surface area contributed by atoms with Crippen LogP contribution in [0.5, 0.6) is 5.75 Å². The maximum atomic E-state index is 13.3. The Labute approximate surface area is 199 Å². The first-order valence-electron chi connectivity index (χ1n) is 11.1. The molecule has 9 nitrogen and oxygen atoms in total. The predicted molar refractivity (Wildman–Crippen MR) is 126 cm³/mol. The lowest BCUT2D eigenvalue weighted by atomic mass is 10.1. The maximum Gasteiger partial charge on any atom is 0.269 e. The van der Waals surface area contributed by atoms with Crippen molar-refractivity contribution in [3.05, 3.63) is 59.7 Å². The first-order valence-corrected chi connectivity index (χ1v) is 12.5. The molecule has 0 fully saturated rings. The van der Waals surface area contributed by atoms with Crippen LogP contribution in [0.4, 0.5) is 0 Å². The molecule has 0 radical (unpaired) electrons. The second-order valence-electron chi connectivity index (χ2n) is 7.97. The van der Waals surface area contributed by atoms with Crippen LogP contribution in [0.1, 0.15) is 42.6 Å². The molecule has 0 spiro atoms. The van der Waals surface area contributed by atoms with Crippen molar-refractivity contribution in [3.8, 4) is 5.75 Å². The summed E-state index contributed by atoms with van der Waals surface area (Å²) in [6.45, 7) is 3.83. The molecule has 1 aliphatic heterocycles. The van der Waals surface area contributed by atoms with Gasteiger partial charge < -0.3 is 15.0 Å². The minimum Gasteiger partial charge on any atom is -0.497 e. The predicted octanol–water partition coefficient (Wildman–Crippen LogP) is 2.17. The first kappa shape index (κ1) is 25.2. The highest BCUT2D eigenvalue weighted by atomic mass is 32.2. The Kier molecular flexibility index (Phi) is 7.93. The Morgan fingerprint density at radius 2 is 1.88 bits per heavy atom. The molecule has 0 saturated carbocycles. The van der Waals surface area contributed by atoms with E-state index in [2.05, 4.69) is 5.32 Å². The molecule has 0 aromatic heterocycles. The summed E-state index contributed by atoms with van der Waals surface area (Å²) in [5.41, 5.74) is 0.843. The maximum absolute atomic E-state index is 13.3. The van der Waals surface area contributed by atoms with E-state index in [1.54, 1.807) is 37.3 Å². The average molecular weight is 488 g/mol. The summed E-state index contributed by atoms with van der Waals surface area (Å²) in [6.07, 6.45) is 0.492. The second kappa shape index (κ2) is 10.7. The Hall–Kier alpha value is -3.40. The van der Waals surface area contributed by atoms with Crippen molar-refractivity contribution in [2.24, 2.45) is 0 Å². The Morgan fingerprint density at radius 1 is 1.15 bits per heavy atom. The third-order valence-corrected chi connectivity index (χ3v) is 7.48. The van der Waals surface area contributed by atoms with E-state index in [0.29, 0.717) is 12.3 Å². The molecule has 1 aliphatic rings. The second-order valence-corrected chi connectivity index (χ2v) is 9.80. The van der Waals surface area contributed by atoms with E-state index in [4.69, 9.17) is 4.74 Å². The fourth-order valence-electron chi connectivity index (χ4n) is 3.74. The number of benzene rings is 2. The lowest BCUT2D eigenvalue weighted by Gasteiger charge is -2.29. The van der Waals surface area contributed by atoms with Gasteiger partial charge in [0, 0.05) is 26.1 Å². The van der Waals surface area contributed by atoms with Gasteiger partial charge in [-0.3, -0.25) is 14.4 Å². The number of carbonyl (C=O) groups is 3. The number of hydrogen-bond donors (Lipinski definition) is 1. The number of hydrogen-bond acceptors (Lipinski definition) is 6. The van der Waals surface area contributed by atoms with Gasteiger partial charge in [0.25, 0.3) is 15.9 Å². The highest BCUT2D eigenvalue weighted by Gasteiger charge is 2.41. The van der Waals surface area contributed by atoms with Gasteiger partial charge in [0.15, 0.2) is 0 Å². The number of amides is 3. The van der Waals surface area contributed by atoms with E-state index in [-0.39, 0.29) is 35.9 Å². The molecule has 0 bridgehead atoms. The van der Waals surface area contributed by atoms with Gasteiger partial charge in [-0.1, -0.05) is 31.2 Å². The zero-order valence-corrected chi connectivity index (χ0v) is 20.3. The van der Waals surface area contributed by atoms with Crippen molar-refractivity contribution in [2.45, 2.75) is 44.2 Å². The molecule has 3 amide bonds. The standard InChI is InChI=1S/C24H29N3O6S/c1-4-13-25-23(29)17(2)26(16-18-8-7-9-19(15-18)33-3)22(28)12-14-27-24(30)20-10-5-6-11-21(20)34(27,31)32/h5-11,15,17H,4,12-14,16H2,1-3H3,(H,25,29)/t17-/m1/s1. The number of sulfonamides is 1. The van der Waals surface area contributed by atoms with Crippen LogP contribution in [0, 0.1) is 0 Å². The van der Waals surface area contributed by atoms with Gasteiger partial charge in [-0.15, -0.1) is 0 Å². The molecular weight excluding hydrogens is 458 g/mol. The van der Waals surface area contributed by atoms with Gasteiger partial charge in [-0.2, -0.15) is 0 Å². The Balaban J connectivity index is 1.79. The minimum atomic E-state index is -4.02. The Morgan fingerprint density at radius 3 is 2.56 bits per heavy atom. The van der Waals surface area contributed by atoms with Crippen molar-refractivity contribution >= 4 is 27.7 Å². The molecule has 3 rings (SSSR count). The molecule has 1 heterocycles. The van der Waals surface area contributed by atoms with Gasteiger partial charge in [0.1, 0.15) is 16.7 Å². The number of nitrogens with one attached hydrogen (secondary N) is 1. The summed E-state index contributed by atoms with van der Waals surface area (Å²) in [5, 5.41) is 2.79. The molecule has 1 atom stereocenters. The number of ether oxygens (including phenoxy) is 1. The van der Waals surface area contributed by atoms with Gasteiger partial charge in [0.05, 0.1) is 12.7 Å². The average Bonchev–Trinajstić information content (AvgIpc) is 3.04. The molecule has 182 valence electrons. The van der Waals surface area contributed by atoms with Crippen LogP contribution in [0.25, 0.3) is 0 Å². The monoisotopic (exact) mass is 487 g/mol. The van der Waals surface area contributed by atoms with Crippen LogP contribution >= 0.6 is 0 Å². The molecule has 10 heteroatoms. The number of methoxy groups -OCH3 is 1. The zero-order chi connectivity index (χ0) is 24.9. The summed E-state index contributed by atoms with van der Waals surface area (Å²) >= 11 is 0. The Bertz CT molecular complexity index is 1180. The summed E-state index contributed by atoms with van der Waals surface area (Å²) < 4.78 is 31.6. The van der Waals surface area contributed by atoms with Crippen molar-refractivity contribution in [3.63, 3.8) is 0 Å². The molecule has 1 N–H and O–H groups in total. The summed E-state index contributed by atoms with van der Waals surface area (Å²) in [7, 11) is -2.48. The molecule has 0 saturated heterocycles. The first-order chi connectivity index (χ1) is 16.2. The summed E-state index contributed by atoms with van der Waals surface area (Å²) in [4.78, 5) is 39.9. The molecule has 2 aromatic carbocycles. The van der Waals surface area contributed by atoms with Crippen molar-refractivity contribution in [2.75, 3.05) is 20.2 Å². The van der Waals surface area contributed by atoms with Crippen LogP contribution in [-0.2, 0) is 26.2 Å². The van der Waals surface area contributed by atoms with Gasteiger partial charge in [-0.05, 0) is 43.2 Å². The summed E-state index contributed by atoms with van der Waals surface area (Å²) in [5.74, 6) is -0.799. The fraction of sp³-hybridized carbons (Fsp3) is 0.375. The lowest BCUT2D eigenvalue weighted by Crippen LogP contribution is -2.48. The van der Waals surface area contributed by atoms with Crippen LogP contribution in [-0.4, -0.2) is 61.6 Å². The fourth-order valence-corrected chi connectivity index (χ4v) is 5.31. The van der Waals surface area contributed by atoms with E-state index >= 15 is 0 Å². The van der Waals surface area contributed by atoms with Gasteiger partial charge in [0.2, 0.25) is 11.8 Å². The topological polar surface area (TPSA) is 113 Å². The number of rotatable bonds is 10. The van der Waals surface area contributed by atoms with E-state index in [9.17, 15) is 22.8 Å².